The highest BCUT2D eigenvalue weighted by molar-refractivity contribution is 7.97. The van der Waals surface area contributed by atoms with Crippen LogP contribution in [0.2, 0.25) is 0 Å². The van der Waals surface area contributed by atoms with Crippen LogP contribution in [0.4, 0.5) is 0 Å². The molecule has 0 saturated carbocycles. The number of hydrogen-bond acceptors (Lipinski definition) is 0. The predicted molar refractivity (Wildman–Crippen MR) is 93.8 cm³/mol. The fraction of sp³-hybridized carbons (Fsp3) is 0.579. The molecule has 2 heteroatoms. The molecule has 1 aliphatic rings. The van der Waals surface area contributed by atoms with E-state index in [1.165, 1.54) is 49.4 Å². The highest BCUT2D eigenvalue weighted by Crippen LogP contribution is 2.13. The van der Waals surface area contributed by atoms with Crippen molar-refractivity contribution in [3.8, 4) is 23.7 Å². The molecule has 1 aliphatic heterocycles. The Bertz CT molecular complexity index is 408. The Morgan fingerprint density at radius 2 is 1.81 bits per heavy atom. The van der Waals surface area contributed by atoms with Crippen molar-refractivity contribution in [1.29, 1.82) is 0 Å². The number of hydrogen-bond donors (Lipinski definition) is 0. The van der Waals surface area contributed by atoms with Gasteiger partial charge in [-0.15, -0.1) is 5.92 Å². The molecule has 0 aromatic heterocycles. The van der Waals surface area contributed by atoms with E-state index >= 15 is 0 Å². The fourth-order valence-corrected chi connectivity index (χ4v) is 4.17. The summed E-state index contributed by atoms with van der Waals surface area (Å²) >= 11 is 0. The molecule has 116 valence electrons. The first kappa shape index (κ1) is 20.4. The molecule has 0 atom stereocenters. The number of halogens is 1. The average molecular weight is 367 g/mol. The molecule has 0 radical (unpaired) electrons. The van der Waals surface area contributed by atoms with Crippen LogP contribution in [0.15, 0.2) is 24.3 Å². The topological polar surface area (TPSA) is 0 Å². The molecule has 21 heavy (non-hydrogen) atoms. The SMILES string of the molecule is CCCCCC#CCC#C/C=C/C=C/C[S+]1CCCC1.[Br-]. The third-order valence-corrected chi connectivity index (χ3v) is 5.58. The van der Waals surface area contributed by atoms with Crippen LogP contribution < -0.4 is 17.0 Å². The zero-order valence-electron chi connectivity index (χ0n) is 13.2. The zero-order chi connectivity index (χ0) is 14.3. The Kier molecular flexibility index (Phi) is 15.4. The van der Waals surface area contributed by atoms with Crippen molar-refractivity contribution in [1.82, 2.24) is 0 Å². The summed E-state index contributed by atoms with van der Waals surface area (Å²) in [5, 5.41) is 0. The van der Waals surface area contributed by atoms with E-state index < -0.39 is 0 Å². The fourth-order valence-electron chi connectivity index (χ4n) is 2.02. The number of allylic oxidation sites excluding steroid dienone is 3. The molecule has 0 nitrogen and oxygen atoms in total. The van der Waals surface area contributed by atoms with Crippen molar-refractivity contribution in [2.45, 2.75) is 51.9 Å². The molecule has 0 aromatic carbocycles. The minimum Gasteiger partial charge on any atom is -1.00 e. The van der Waals surface area contributed by atoms with Crippen molar-refractivity contribution < 1.29 is 17.0 Å². The summed E-state index contributed by atoms with van der Waals surface area (Å²) < 4.78 is 0. The molecule has 0 aromatic rings. The van der Waals surface area contributed by atoms with Gasteiger partial charge in [-0.3, -0.25) is 0 Å². The van der Waals surface area contributed by atoms with Gasteiger partial charge in [-0.2, -0.15) is 0 Å². The minimum atomic E-state index is 0. The molecular formula is C19H27BrS. The van der Waals surface area contributed by atoms with E-state index in [0.29, 0.717) is 17.3 Å². The predicted octanol–water partition coefficient (Wildman–Crippen LogP) is 1.49. The second-order valence-electron chi connectivity index (χ2n) is 4.99. The minimum absolute atomic E-state index is 0. The number of rotatable bonds is 6. The normalized spacial score (nSPS) is 14.5. The second kappa shape index (κ2) is 15.8. The highest BCUT2D eigenvalue weighted by Gasteiger charge is 2.21. The Morgan fingerprint density at radius 3 is 2.57 bits per heavy atom. The lowest BCUT2D eigenvalue weighted by Crippen LogP contribution is -3.00. The quantitative estimate of drug-likeness (QED) is 0.289. The van der Waals surface area contributed by atoms with Gasteiger partial charge in [-0.05, 0) is 42.3 Å². The molecule has 0 amide bonds. The molecule has 0 bridgehead atoms. The van der Waals surface area contributed by atoms with Crippen molar-refractivity contribution >= 4 is 10.9 Å². The summed E-state index contributed by atoms with van der Waals surface area (Å²) in [5.41, 5.74) is 0. The van der Waals surface area contributed by atoms with Crippen LogP contribution in [0.3, 0.4) is 0 Å². The Balaban J connectivity index is 0.00000400. The van der Waals surface area contributed by atoms with Crippen LogP contribution >= 0.6 is 0 Å². The van der Waals surface area contributed by atoms with Gasteiger partial charge in [-0.25, -0.2) is 0 Å². The smallest absolute Gasteiger partial charge is 0.126 e. The molecule has 1 rings (SSSR count). The van der Waals surface area contributed by atoms with Crippen LogP contribution in [0, 0.1) is 23.7 Å². The first-order valence-corrected chi connectivity index (χ1v) is 9.56. The first-order chi connectivity index (χ1) is 9.93. The molecule has 0 unspecified atom stereocenters. The molecular weight excluding hydrogens is 340 g/mol. The Morgan fingerprint density at radius 1 is 1.00 bits per heavy atom. The molecule has 1 heterocycles. The lowest BCUT2D eigenvalue weighted by Gasteiger charge is -1.92. The van der Waals surface area contributed by atoms with Gasteiger partial charge in [0.2, 0.25) is 0 Å². The lowest BCUT2D eigenvalue weighted by atomic mass is 10.2. The third-order valence-electron chi connectivity index (χ3n) is 3.18. The standard InChI is InChI=1S/C19H27S.BrH/c1-2-3-4-5-6-7-8-9-10-11-12-13-14-17-20-18-15-16-19-20;/h11-14H,2-5,8,15-19H2,1H3;1H/q+1;/p-1/b12-11+,14-13+;. The first-order valence-electron chi connectivity index (χ1n) is 7.83. The summed E-state index contributed by atoms with van der Waals surface area (Å²) in [4.78, 5) is 0. The summed E-state index contributed by atoms with van der Waals surface area (Å²) in [6.07, 6.45) is 16.8. The van der Waals surface area contributed by atoms with Gasteiger partial charge < -0.3 is 17.0 Å². The molecule has 0 aliphatic carbocycles. The van der Waals surface area contributed by atoms with E-state index in [-0.39, 0.29) is 17.0 Å². The molecule has 0 N–H and O–H groups in total. The zero-order valence-corrected chi connectivity index (χ0v) is 15.6. The second-order valence-corrected chi connectivity index (χ2v) is 7.36. The van der Waals surface area contributed by atoms with E-state index in [0.717, 1.165) is 6.42 Å². The van der Waals surface area contributed by atoms with Crippen molar-refractivity contribution in [2.24, 2.45) is 0 Å². The maximum absolute atomic E-state index is 3.17. The van der Waals surface area contributed by atoms with E-state index in [2.05, 4.69) is 42.8 Å². The summed E-state index contributed by atoms with van der Waals surface area (Å²) in [6, 6.07) is 0. The Labute approximate surface area is 145 Å². The maximum Gasteiger partial charge on any atom is 0.126 e. The average Bonchev–Trinajstić information content (AvgIpc) is 2.97. The van der Waals surface area contributed by atoms with E-state index in [9.17, 15) is 0 Å². The van der Waals surface area contributed by atoms with E-state index in [1.807, 2.05) is 12.2 Å². The molecule has 0 spiro atoms. The summed E-state index contributed by atoms with van der Waals surface area (Å²) in [6.45, 7) is 2.22. The van der Waals surface area contributed by atoms with Crippen LogP contribution in [-0.4, -0.2) is 17.3 Å². The number of unbranched alkanes of at least 4 members (excludes halogenated alkanes) is 3. The van der Waals surface area contributed by atoms with Crippen LogP contribution in [-0.2, 0) is 10.9 Å². The summed E-state index contributed by atoms with van der Waals surface area (Å²) in [7, 11) is 0.682. The van der Waals surface area contributed by atoms with Gasteiger partial charge in [0.1, 0.15) is 17.3 Å². The van der Waals surface area contributed by atoms with Crippen LogP contribution in [0.5, 0.6) is 0 Å². The molecule has 1 fully saturated rings. The summed E-state index contributed by atoms with van der Waals surface area (Å²) in [5.74, 6) is 16.5. The van der Waals surface area contributed by atoms with Crippen molar-refractivity contribution in [3.05, 3.63) is 24.3 Å². The van der Waals surface area contributed by atoms with Gasteiger partial charge >= 0.3 is 0 Å². The van der Waals surface area contributed by atoms with Crippen LogP contribution in [0.1, 0.15) is 51.9 Å². The lowest BCUT2D eigenvalue weighted by molar-refractivity contribution is -0.00000417. The van der Waals surface area contributed by atoms with Crippen molar-refractivity contribution in [3.63, 3.8) is 0 Å². The van der Waals surface area contributed by atoms with E-state index in [4.69, 9.17) is 0 Å². The Hall–Kier alpha value is -0.570. The molecule has 1 saturated heterocycles. The van der Waals surface area contributed by atoms with E-state index in [1.54, 1.807) is 0 Å². The highest BCUT2D eigenvalue weighted by atomic mass is 79.9. The largest absolute Gasteiger partial charge is 1.00 e. The monoisotopic (exact) mass is 366 g/mol. The van der Waals surface area contributed by atoms with Crippen LogP contribution in [0.25, 0.3) is 0 Å². The maximum atomic E-state index is 3.17. The van der Waals surface area contributed by atoms with Crippen molar-refractivity contribution in [2.75, 3.05) is 17.3 Å². The van der Waals surface area contributed by atoms with Gasteiger partial charge in [0.05, 0.1) is 6.42 Å². The third kappa shape index (κ3) is 12.9. The van der Waals surface area contributed by atoms with Gasteiger partial charge in [0.15, 0.2) is 0 Å². The van der Waals surface area contributed by atoms with Gasteiger partial charge in [0, 0.05) is 6.42 Å². The van der Waals surface area contributed by atoms with Gasteiger partial charge in [-0.1, -0.05) is 49.7 Å². The van der Waals surface area contributed by atoms with Gasteiger partial charge in [0.25, 0.3) is 0 Å².